The van der Waals surface area contributed by atoms with E-state index in [-0.39, 0.29) is 12.4 Å². The molecule has 0 unspecified atom stereocenters. The Bertz CT molecular complexity index is 463. The summed E-state index contributed by atoms with van der Waals surface area (Å²) in [4.78, 5) is 4.61. The van der Waals surface area contributed by atoms with Crippen LogP contribution in [0.4, 0.5) is 5.69 Å². The summed E-state index contributed by atoms with van der Waals surface area (Å²) in [5.74, 6) is 0.511. The summed E-state index contributed by atoms with van der Waals surface area (Å²) in [5.41, 5.74) is 8.91. The van der Waals surface area contributed by atoms with Gasteiger partial charge in [-0.2, -0.15) is 0 Å². The lowest BCUT2D eigenvalue weighted by Crippen LogP contribution is -1.91. The summed E-state index contributed by atoms with van der Waals surface area (Å²) in [7, 11) is 0. The summed E-state index contributed by atoms with van der Waals surface area (Å²) in [6.07, 6.45) is 0.900. The van der Waals surface area contributed by atoms with Crippen LogP contribution in [0.25, 0.3) is 0 Å². The fourth-order valence-corrected chi connectivity index (χ4v) is 2.47. The van der Waals surface area contributed by atoms with Gasteiger partial charge in [-0.15, -0.1) is 23.7 Å². The van der Waals surface area contributed by atoms with E-state index in [0.29, 0.717) is 5.92 Å². The maximum atomic E-state index is 5.65. The first kappa shape index (κ1) is 14.0. The first-order valence-electron chi connectivity index (χ1n) is 5.44. The first-order chi connectivity index (χ1) is 7.65. The predicted molar refractivity (Wildman–Crippen MR) is 77.1 cm³/mol. The van der Waals surface area contributed by atoms with E-state index in [1.165, 1.54) is 16.3 Å². The molecule has 0 fully saturated rings. The molecule has 0 atom stereocenters. The molecule has 0 amide bonds. The maximum Gasteiger partial charge on any atom is 0.0972 e. The summed E-state index contributed by atoms with van der Waals surface area (Å²) < 4.78 is 0. The summed E-state index contributed by atoms with van der Waals surface area (Å²) in [5, 5.41) is 3.32. The molecule has 0 aliphatic carbocycles. The highest BCUT2D eigenvalue weighted by Gasteiger charge is 2.05. The Hall–Kier alpha value is -1.06. The Morgan fingerprint density at radius 3 is 2.41 bits per heavy atom. The molecule has 1 heterocycles. The molecular weight excluding hydrogens is 252 g/mol. The van der Waals surface area contributed by atoms with Gasteiger partial charge >= 0.3 is 0 Å². The van der Waals surface area contributed by atoms with Gasteiger partial charge in [0, 0.05) is 17.5 Å². The van der Waals surface area contributed by atoms with E-state index in [2.05, 4.69) is 36.3 Å². The van der Waals surface area contributed by atoms with Crippen molar-refractivity contribution in [3.05, 3.63) is 45.9 Å². The minimum absolute atomic E-state index is 0. The van der Waals surface area contributed by atoms with E-state index in [0.717, 1.165) is 12.1 Å². The van der Waals surface area contributed by atoms with Crippen molar-refractivity contribution in [1.82, 2.24) is 4.98 Å². The third-order valence-corrected chi connectivity index (χ3v) is 3.36. The standard InChI is InChI=1S/C13H16N2S.ClH/c1-9(2)12-8-16-13(15-12)7-10-3-5-11(14)6-4-10;/h3-6,8-9H,7,14H2,1-2H3;1H. The number of aromatic nitrogens is 1. The zero-order valence-electron chi connectivity index (χ0n) is 10.0. The fraction of sp³-hybridized carbons (Fsp3) is 0.308. The SMILES string of the molecule is CC(C)c1csc(Cc2ccc(N)cc2)n1.Cl. The second kappa shape index (κ2) is 6.03. The van der Waals surface area contributed by atoms with Crippen LogP contribution in [0, 0.1) is 0 Å². The molecule has 2 nitrogen and oxygen atoms in total. The van der Waals surface area contributed by atoms with Gasteiger partial charge in [0.15, 0.2) is 0 Å². The van der Waals surface area contributed by atoms with E-state index in [9.17, 15) is 0 Å². The Labute approximate surface area is 112 Å². The number of thiazole rings is 1. The minimum Gasteiger partial charge on any atom is -0.399 e. The molecule has 92 valence electrons. The van der Waals surface area contributed by atoms with Gasteiger partial charge in [0.1, 0.15) is 0 Å². The third kappa shape index (κ3) is 3.72. The Balaban J connectivity index is 0.00000144. The normalized spacial score (nSPS) is 10.3. The van der Waals surface area contributed by atoms with E-state index >= 15 is 0 Å². The summed E-state index contributed by atoms with van der Waals surface area (Å²) in [6, 6.07) is 8.00. The van der Waals surface area contributed by atoms with E-state index < -0.39 is 0 Å². The molecule has 0 aliphatic heterocycles. The average molecular weight is 269 g/mol. The van der Waals surface area contributed by atoms with Gasteiger partial charge in [-0.05, 0) is 23.6 Å². The molecule has 0 aliphatic rings. The highest BCUT2D eigenvalue weighted by molar-refractivity contribution is 7.09. The maximum absolute atomic E-state index is 5.65. The molecule has 17 heavy (non-hydrogen) atoms. The number of nitrogens with two attached hydrogens (primary N) is 1. The van der Waals surface area contributed by atoms with E-state index in [1.54, 1.807) is 11.3 Å². The number of nitrogens with zero attached hydrogens (tertiary/aromatic N) is 1. The van der Waals surface area contributed by atoms with Crippen molar-refractivity contribution in [1.29, 1.82) is 0 Å². The molecule has 0 spiro atoms. The first-order valence-corrected chi connectivity index (χ1v) is 6.32. The van der Waals surface area contributed by atoms with Crippen molar-refractivity contribution in [2.75, 3.05) is 5.73 Å². The number of nitrogen functional groups attached to an aromatic ring is 1. The van der Waals surface area contributed by atoms with Crippen LogP contribution >= 0.6 is 23.7 Å². The van der Waals surface area contributed by atoms with E-state index in [4.69, 9.17) is 5.73 Å². The quantitative estimate of drug-likeness (QED) is 0.859. The molecule has 0 saturated carbocycles. The molecule has 2 aromatic rings. The Morgan fingerprint density at radius 2 is 1.88 bits per heavy atom. The van der Waals surface area contributed by atoms with Gasteiger partial charge in [0.25, 0.3) is 0 Å². The van der Waals surface area contributed by atoms with Crippen molar-refractivity contribution in [2.24, 2.45) is 0 Å². The topological polar surface area (TPSA) is 38.9 Å². The lowest BCUT2D eigenvalue weighted by Gasteiger charge is -1.99. The van der Waals surface area contributed by atoms with Gasteiger partial charge < -0.3 is 5.73 Å². The Morgan fingerprint density at radius 1 is 1.24 bits per heavy atom. The van der Waals surface area contributed by atoms with Crippen LogP contribution < -0.4 is 5.73 Å². The lowest BCUT2D eigenvalue weighted by molar-refractivity contribution is 0.825. The van der Waals surface area contributed by atoms with Crippen molar-refractivity contribution in [3.63, 3.8) is 0 Å². The van der Waals surface area contributed by atoms with Crippen molar-refractivity contribution in [3.8, 4) is 0 Å². The molecule has 0 radical (unpaired) electrons. The molecule has 4 heteroatoms. The summed E-state index contributed by atoms with van der Waals surface area (Å²) in [6.45, 7) is 4.34. The second-order valence-electron chi connectivity index (χ2n) is 4.24. The third-order valence-electron chi connectivity index (χ3n) is 2.50. The molecule has 2 N–H and O–H groups in total. The highest BCUT2D eigenvalue weighted by Crippen LogP contribution is 2.20. The van der Waals surface area contributed by atoms with Gasteiger partial charge in [-0.25, -0.2) is 4.98 Å². The average Bonchev–Trinajstić information content (AvgIpc) is 2.70. The van der Waals surface area contributed by atoms with Crippen molar-refractivity contribution < 1.29 is 0 Å². The molecule has 0 bridgehead atoms. The highest BCUT2D eigenvalue weighted by atomic mass is 35.5. The van der Waals surface area contributed by atoms with Crippen molar-refractivity contribution >= 4 is 29.4 Å². The van der Waals surface area contributed by atoms with Crippen LogP contribution in [-0.4, -0.2) is 4.98 Å². The van der Waals surface area contributed by atoms with Gasteiger partial charge in [-0.1, -0.05) is 26.0 Å². The molecule has 0 saturated heterocycles. The number of hydrogen-bond donors (Lipinski definition) is 1. The Kier molecular flexibility index (Phi) is 4.97. The number of rotatable bonds is 3. The fourth-order valence-electron chi connectivity index (χ4n) is 1.48. The van der Waals surface area contributed by atoms with Gasteiger partial charge in [0.2, 0.25) is 0 Å². The molecule has 1 aromatic carbocycles. The predicted octanol–water partition coefficient (Wildman–Crippen LogP) is 3.86. The van der Waals surface area contributed by atoms with Crippen LogP contribution in [0.1, 0.15) is 36.0 Å². The van der Waals surface area contributed by atoms with Crippen LogP contribution in [0.5, 0.6) is 0 Å². The van der Waals surface area contributed by atoms with Crippen LogP contribution in [0.2, 0.25) is 0 Å². The van der Waals surface area contributed by atoms with Crippen LogP contribution in [-0.2, 0) is 6.42 Å². The lowest BCUT2D eigenvalue weighted by atomic mass is 10.1. The molecule has 2 rings (SSSR count). The van der Waals surface area contributed by atoms with Gasteiger partial charge in [0.05, 0.1) is 10.7 Å². The number of benzene rings is 1. The van der Waals surface area contributed by atoms with Gasteiger partial charge in [-0.3, -0.25) is 0 Å². The number of anilines is 1. The molecule has 1 aromatic heterocycles. The van der Waals surface area contributed by atoms with Crippen molar-refractivity contribution in [2.45, 2.75) is 26.2 Å². The van der Waals surface area contributed by atoms with Crippen LogP contribution in [0.15, 0.2) is 29.6 Å². The zero-order chi connectivity index (χ0) is 11.5. The number of hydrogen-bond acceptors (Lipinski definition) is 3. The number of halogens is 1. The monoisotopic (exact) mass is 268 g/mol. The smallest absolute Gasteiger partial charge is 0.0972 e. The van der Waals surface area contributed by atoms with E-state index in [1.807, 2.05) is 12.1 Å². The minimum atomic E-state index is 0. The van der Waals surface area contributed by atoms with Crippen LogP contribution in [0.3, 0.4) is 0 Å². The largest absolute Gasteiger partial charge is 0.399 e. The second-order valence-corrected chi connectivity index (χ2v) is 5.18. The zero-order valence-corrected chi connectivity index (χ0v) is 11.6. The molecular formula is C13H17ClN2S. The summed E-state index contributed by atoms with van der Waals surface area (Å²) >= 11 is 1.73.